The molecule has 2 aromatic rings. The fourth-order valence-electron chi connectivity index (χ4n) is 5.09. The molecule has 2 fully saturated rings. The Morgan fingerprint density at radius 3 is 2.21 bits per heavy atom. The summed E-state index contributed by atoms with van der Waals surface area (Å²) in [6, 6.07) is 17.7. The minimum atomic E-state index is -3.83. The Bertz CT molecular complexity index is 1020. The van der Waals surface area contributed by atoms with Gasteiger partial charge in [0.25, 0.3) is 0 Å². The van der Waals surface area contributed by atoms with E-state index in [0.29, 0.717) is 6.54 Å². The third kappa shape index (κ3) is 6.05. The number of carbonyl (C=O) groups excluding carboxylic acids is 1. The van der Waals surface area contributed by atoms with Gasteiger partial charge in [-0.1, -0.05) is 67.8 Å². The molecule has 0 spiro atoms. The molecule has 1 heterocycles. The molecule has 1 aliphatic heterocycles. The molecule has 1 saturated heterocycles. The van der Waals surface area contributed by atoms with Crippen LogP contribution in [0.3, 0.4) is 0 Å². The lowest BCUT2D eigenvalue weighted by Gasteiger charge is -2.48. The maximum Gasteiger partial charge on any atom is 0.243 e. The van der Waals surface area contributed by atoms with Gasteiger partial charge in [-0.15, -0.1) is 0 Å². The van der Waals surface area contributed by atoms with Crippen LogP contribution in [0.1, 0.15) is 37.7 Å². The summed E-state index contributed by atoms with van der Waals surface area (Å²) in [6.07, 6.45) is 5.61. The first-order chi connectivity index (χ1) is 16.5. The zero-order valence-electron chi connectivity index (χ0n) is 19.7. The molecular weight excluding hydrogens is 450 g/mol. The van der Waals surface area contributed by atoms with Crippen LogP contribution in [-0.2, 0) is 26.1 Å². The predicted octanol–water partition coefficient (Wildman–Crippen LogP) is 3.03. The highest BCUT2D eigenvalue weighted by atomic mass is 32.2. The highest BCUT2D eigenvalue weighted by Gasteiger charge is 2.39. The van der Waals surface area contributed by atoms with Crippen LogP contribution in [0.4, 0.5) is 0 Å². The van der Waals surface area contributed by atoms with Crippen molar-refractivity contribution in [1.82, 2.24) is 14.5 Å². The van der Waals surface area contributed by atoms with E-state index >= 15 is 0 Å². The number of benzene rings is 2. The number of morpholine rings is 1. The predicted molar refractivity (Wildman–Crippen MR) is 132 cm³/mol. The minimum absolute atomic E-state index is 0.0692. The largest absolute Gasteiger partial charge is 0.379 e. The van der Waals surface area contributed by atoms with Crippen LogP contribution in [0.5, 0.6) is 0 Å². The highest BCUT2D eigenvalue weighted by molar-refractivity contribution is 7.89. The molecule has 0 aromatic heterocycles. The number of hydrogen-bond donors (Lipinski definition) is 1. The molecule has 0 unspecified atom stereocenters. The van der Waals surface area contributed by atoms with Crippen molar-refractivity contribution >= 4 is 15.9 Å². The zero-order valence-corrected chi connectivity index (χ0v) is 20.5. The second-order valence-electron chi connectivity index (χ2n) is 9.23. The number of amides is 1. The Balaban J connectivity index is 1.48. The van der Waals surface area contributed by atoms with E-state index in [1.807, 2.05) is 30.3 Å². The van der Waals surface area contributed by atoms with Gasteiger partial charge in [0, 0.05) is 31.7 Å². The molecule has 4 rings (SSSR count). The first-order valence-electron chi connectivity index (χ1n) is 12.2. The Morgan fingerprint density at radius 2 is 1.56 bits per heavy atom. The van der Waals surface area contributed by atoms with Gasteiger partial charge in [0.1, 0.15) is 0 Å². The number of hydrogen-bond acceptors (Lipinski definition) is 5. The molecule has 1 amide bonds. The third-order valence-corrected chi connectivity index (χ3v) is 8.79. The molecular formula is C26H35N3O4S. The summed E-state index contributed by atoms with van der Waals surface area (Å²) in [6.45, 7) is 3.64. The van der Waals surface area contributed by atoms with Crippen LogP contribution in [-0.4, -0.2) is 68.5 Å². The number of carbonyl (C=O) groups is 1. The molecule has 1 aliphatic carbocycles. The van der Waals surface area contributed by atoms with Gasteiger partial charge < -0.3 is 10.1 Å². The van der Waals surface area contributed by atoms with Crippen LogP contribution in [0, 0.1) is 0 Å². The quantitative estimate of drug-likeness (QED) is 0.591. The first-order valence-corrected chi connectivity index (χ1v) is 13.6. The van der Waals surface area contributed by atoms with E-state index in [1.54, 1.807) is 30.3 Å². The lowest BCUT2D eigenvalue weighted by atomic mass is 9.79. The van der Waals surface area contributed by atoms with Crippen molar-refractivity contribution in [3.05, 3.63) is 66.2 Å². The van der Waals surface area contributed by atoms with E-state index < -0.39 is 10.0 Å². The number of nitrogens with one attached hydrogen (secondary N) is 1. The minimum Gasteiger partial charge on any atom is -0.379 e. The number of nitrogens with zero attached hydrogens (tertiary/aromatic N) is 2. The van der Waals surface area contributed by atoms with Gasteiger partial charge in [-0.3, -0.25) is 9.69 Å². The molecule has 0 radical (unpaired) electrons. The number of sulfonamides is 1. The van der Waals surface area contributed by atoms with Crippen molar-refractivity contribution in [2.75, 3.05) is 39.4 Å². The summed E-state index contributed by atoms with van der Waals surface area (Å²) in [5.74, 6) is -0.270. The van der Waals surface area contributed by atoms with E-state index in [4.69, 9.17) is 4.74 Å². The van der Waals surface area contributed by atoms with Crippen LogP contribution in [0.25, 0.3) is 0 Å². The molecule has 7 nitrogen and oxygen atoms in total. The van der Waals surface area contributed by atoms with Crippen molar-refractivity contribution in [2.24, 2.45) is 0 Å². The van der Waals surface area contributed by atoms with Gasteiger partial charge in [0.2, 0.25) is 15.9 Å². The first kappa shape index (κ1) is 24.9. The van der Waals surface area contributed by atoms with Gasteiger partial charge in [-0.05, 0) is 30.5 Å². The second kappa shape index (κ2) is 11.4. The van der Waals surface area contributed by atoms with Gasteiger partial charge in [-0.25, -0.2) is 8.42 Å². The van der Waals surface area contributed by atoms with E-state index in [9.17, 15) is 13.2 Å². The zero-order chi connectivity index (χ0) is 23.9. The smallest absolute Gasteiger partial charge is 0.243 e. The van der Waals surface area contributed by atoms with Crippen molar-refractivity contribution in [3.8, 4) is 0 Å². The van der Waals surface area contributed by atoms with Crippen molar-refractivity contribution in [3.63, 3.8) is 0 Å². The molecule has 0 bridgehead atoms. The van der Waals surface area contributed by atoms with E-state index in [0.717, 1.165) is 57.6 Å². The lowest BCUT2D eigenvalue weighted by Crippen LogP contribution is -2.60. The van der Waals surface area contributed by atoms with Crippen LogP contribution in [0.15, 0.2) is 65.6 Å². The monoisotopic (exact) mass is 485 g/mol. The normalized spacial score (nSPS) is 19.1. The Morgan fingerprint density at radius 1 is 0.941 bits per heavy atom. The lowest BCUT2D eigenvalue weighted by molar-refractivity contribution is -0.122. The molecule has 184 valence electrons. The number of ether oxygens (including phenoxy) is 1. The summed E-state index contributed by atoms with van der Waals surface area (Å²) in [5.41, 5.74) is 0.771. The Labute approximate surface area is 203 Å². The third-order valence-electron chi connectivity index (χ3n) is 6.98. The van der Waals surface area contributed by atoms with Crippen LogP contribution < -0.4 is 5.32 Å². The van der Waals surface area contributed by atoms with Crippen molar-refractivity contribution in [2.45, 2.75) is 49.1 Å². The second-order valence-corrected chi connectivity index (χ2v) is 11.2. The topological polar surface area (TPSA) is 79.0 Å². The fourth-order valence-corrected chi connectivity index (χ4v) is 6.49. The fraction of sp³-hybridized carbons (Fsp3) is 0.500. The summed E-state index contributed by atoms with van der Waals surface area (Å²) in [7, 11) is -3.83. The SMILES string of the molecule is O=C(CN(Cc1ccccc1)S(=O)(=O)c1ccccc1)NCC1(N2CCOCC2)CCCCC1. The van der Waals surface area contributed by atoms with Gasteiger partial charge in [0.05, 0.1) is 24.7 Å². The maximum absolute atomic E-state index is 13.4. The van der Waals surface area contributed by atoms with E-state index in [2.05, 4.69) is 10.2 Å². The molecule has 2 aromatic carbocycles. The van der Waals surface area contributed by atoms with Gasteiger partial charge >= 0.3 is 0 Å². The molecule has 1 N–H and O–H groups in total. The average Bonchev–Trinajstić information content (AvgIpc) is 2.89. The van der Waals surface area contributed by atoms with Crippen molar-refractivity contribution < 1.29 is 17.9 Å². The van der Waals surface area contributed by atoms with Gasteiger partial charge in [-0.2, -0.15) is 4.31 Å². The van der Waals surface area contributed by atoms with Crippen LogP contribution >= 0.6 is 0 Å². The highest BCUT2D eigenvalue weighted by Crippen LogP contribution is 2.34. The molecule has 34 heavy (non-hydrogen) atoms. The van der Waals surface area contributed by atoms with Crippen LogP contribution in [0.2, 0.25) is 0 Å². The Hall–Kier alpha value is -2.26. The Kier molecular flexibility index (Phi) is 8.37. The summed E-state index contributed by atoms with van der Waals surface area (Å²) in [5, 5.41) is 3.10. The average molecular weight is 486 g/mol. The maximum atomic E-state index is 13.4. The summed E-state index contributed by atoms with van der Waals surface area (Å²) < 4.78 is 33.6. The standard InChI is InChI=1S/C26H35N3O4S/c30-25(27-22-26(14-8-3-9-15-26)28-16-18-33-19-17-28)21-29(20-23-10-4-1-5-11-23)34(31,32)24-12-6-2-7-13-24/h1-2,4-7,10-13H,3,8-9,14-22H2,(H,27,30). The van der Waals surface area contributed by atoms with Gasteiger partial charge in [0.15, 0.2) is 0 Å². The molecule has 1 saturated carbocycles. The summed E-state index contributed by atoms with van der Waals surface area (Å²) >= 11 is 0. The number of rotatable bonds is 9. The van der Waals surface area contributed by atoms with E-state index in [1.165, 1.54) is 10.7 Å². The van der Waals surface area contributed by atoms with Crippen molar-refractivity contribution in [1.29, 1.82) is 0 Å². The van der Waals surface area contributed by atoms with E-state index in [-0.39, 0.29) is 29.4 Å². The molecule has 2 aliphatic rings. The summed E-state index contributed by atoms with van der Waals surface area (Å²) in [4.78, 5) is 15.8. The molecule has 0 atom stereocenters. The molecule has 8 heteroatoms.